The second-order valence-electron chi connectivity index (χ2n) is 4.89. The van der Waals surface area contributed by atoms with E-state index in [0.717, 1.165) is 18.2 Å². The lowest BCUT2D eigenvalue weighted by Crippen LogP contribution is -2.10. The lowest BCUT2D eigenvalue weighted by Gasteiger charge is -2.11. The summed E-state index contributed by atoms with van der Waals surface area (Å²) in [6.45, 7) is 2.22. The molecule has 0 fully saturated rings. The van der Waals surface area contributed by atoms with E-state index < -0.39 is 23.2 Å². The maximum absolute atomic E-state index is 13.5. The van der Waals surface area contributed by atoms with E-state index in [1.165, 1.54) is 19.3 Å². The van der Waals surface area contributed by atoms with Gasteiger partial charge in [0.15, 0.2) is 11.5 Å². The van der Waals surface area contributed by atoms with Gasteiger partial charge >= 0.3 is 0 Å². The Morgan fingerprint density at radius 3 is 2.56 bits per heavy atom. The maximum Gasteiger partial charge on any atom is 0.248 e. The molecule has 7 heteroatoms. The molecule has 0 saturated carbocycles. The molecule has 2 rings (SSSR count). The van der Waals surface area contributed by atoms with Crippen molar-refractivity contribution in [3.8, 4) is 11.5 Å². The van der Waals surface area contributed by atoms with Crippen molar-refractivity contribution in [2.75, 3.05) is 19.0 Å². The lowest BCUT2D eigenvalue weighted by atomic mass is 10.2. The Morgan fingerprint density at radius 2 is 1.96 bits per heavy atom. The summed E-state index contributed by atoms with van der Waals surface area (Å²) in [6, 6.07) is 6.54. The zero-order valence-corrected chi connectivity index (χ0v) is 14.4. The van der Waals surface area contributed by atoms with Crippen molar-refractivity contribution in [3.05, 3.63) is 58.6 Å². The number of carbonyl (C=O) groups is 1. The van der Waals surface area contributed by atoms with E-state index in [-0.39, 0.29) is 0 Å². The number of ether oxygens (including phenoxy) is 2. The monoisotopic (exact) mass is 367 g/mol. The van der Waals surface area contributed by atoms with E-state index in [2.05, 4.69) is 5.32 Å². The number of amides is 1. The van der Waals surface area contributed by atoms with Gasteiger partial charge in [0, 0.05) is 6.08 Å². The molecule has 0 aliphatic carbocycles. The molecule has 0 bridgehead atoms. The minimum Gasteiger partial charge on any atom is -0.491 e. The van der Waals surface area contributed by atoms with Gasteiger partial charge in [-0.25, -0.2) is 8.78 Å². The van der Waals surface area contributed by atoms with E-state index in [1.54, 1.807) is 12.1 Å². The number of para-hydroxylation sites is 1. The molecule has 25 heavy (non-hydrogen) atoms. The highest BCUT2D eigenvalue weighted by Crippen LogP contribution is 2.36. The summed E-state index contributed by atoms with van der Waals surface area (Å²) in [4.78, 5) is 11.9. The molecule has 1 amide bonds. The average Bonchev–Trinajstić information content (AvgIpc) is 2.57. The normalized spacial score (nSPS) is 10.8. The van der Waals surface area contributed by atoms with Crippen LogP contribution >= 0.6 is 11.6 Å². The Balaban J connectivity index is 2.19. The summed E-state index contributed by atoms with van der Waals surface area (Å²) < 4.78 is 37.7. The van der Waals surface area contributed by atoms with Gasteiger partial charge in [-0.3, -0.25) is 4.79 Å². The fourth-order valence-corrected chi connectivity index (χ4v) is 2.40. The van der Waals surface area contributed by atoms with Crippen LogP contribution in [0.3, 0.4) is 0 Å². The van der Waals surface area contributed by atoms with Gasteiger partial charge in [-0.05, 0) is 42.8 Å². The van der Waals surface area contributed by atoms with E-state index >= 15 is 0 Å². The Bertz CT molecular complexity index is 789. The smallest absolute Gasteiger partial charge is 0.248 e. The molecule has 0 spiro atoms. The predicted octanol–water partition coefficient (Wildman–Crippen LogP) is 4.68. The molecule has 0 aliphatic rings. The second kappa shape index (κ2) is 8.48. The molecule has 0 heterocycles. The van der Waals surface area contributed by atoms with E-state index in [1.807, 2.05) is 6.92 Å². The number of carbonyl (C=O) groups excluding carboxylic acids is 1. The van der Waals surface area contributed by atoms with Crippen molar-refractivity contribution < 1.29 is 23.0 Å². The summed E-state index contributed by atoms with van der Waals surface area (Å²) in [5.74, 6) is -1.58. The molecule has 0 aliphatic heterocycles. The summed E-state index contributed by atoms with van der Waals surface area (Å²) in [5.41, 5.74) is 0.0679. The number of rotatable bonds is 6. The number of benzene rings is 2. The van der Waals surface area contributed by atoms with Gasteiger partial charge in [-0.1, -0.05) is 17.7 Å². The second-order valence-corrected chi connectivity index (χ2v) is 5.29. The summed E-state index contributed by atoms with van der Waals surface area (Å²) in [5, 5.41) is 2.47. The molecule has 4 nitrogen and oxygen atoms in total. The number of anilines is 1. The number of hydrogen-bond donors (Lipinski definition) is 1. The number of hydrogen-bond acceptors (Lipinski definition) is 3. The highest BCUT2D eigenvalue weighted by atomic mass is 35.5. The molecule has 0 radical (unpaired) electrons. The standard InChI is InChI=1S/C18H16ClF2NO3/c1-3-25-15-10-11(9-12(19)18(15)24-2)7-8-16(23)22-17-13(20)5-4-6-14(17)21/h4-10H,3H2,1-2H3,(H,22,23)/b8-7+. The van der Waals surface area contributed by atoms with Crippen molar-refractivity contribution >= 4 is 29.3 Å². The Labute approximate surface area is 149 Å². The van der Waals surface area contributed by atoms with Gasteiger partial charge < -0.3 is 14.8 Å². The first-order valence-corrected chi connectivity index (χ1v) is 7.77. The molecule has 2 aromatic carbocycles. The number of nitrogens with one attached hydrogen (secondary N) is 1. The minimum atomic E-state index is -0.854. The summed E-state index contributed by atoms with van der Waals surface area (Å²) in [6.07, 6.45) is 2.58. The largest absolute Gasteiger partial charge is 0.491 e. The van der Waals surface area contributed by atoms with Crippen molar-refractivity contribution in [2.45, 2.75) is 6.92 Å². The van der Waals surface area contributed by atoms with Crippen molar-refractivity contribution in [1.82, 2.24) is 0 Å². The third-order valence-electron chi connectivity index (χ3n) is 3.17. The van der Waals surface area contributed by atoms with Crippen LogP contribution in [-0.2, 0) is 4.79 Å². The molecular formula is C18H16ClF2NO3. The molecule has 0 unspecified atom stereocenters. The van der Waals surface area contributed by atoms with Gasteiger partial charge in [0.05, 0.1) is 18.7 Å². The highest BCUT2D eigenvalue weighted by Gasteiger charge is 2.12. The van der Waals surface area contributed by atoms with Gasteiger partial charge in [-0.15, -0.1) is 0 Å². The molecule has 0 aromatic heterocycles. The van der Waals surface area contributed by atoms with Gasteiger partial charge in [0.2, 0.25) is 5.91 Å². The first-order chi connectivity index (χ1) is 12.0. The van der Waals surface area contributed by atoms with E-state index in [0.29, 0.717) is 28.7 Å². The Hall–Kier alpha value is -2.60. The average molecular weight is 368 g/mol. The SMILES string of the molecule is CCOc1cc(/C=C/C(=O)Nc2c(F)cccc2F)cc(Cl)c1OC. The third-order valence-corrected chi connectivity index (χ3v) is 3.45. The van der Waals surface area contributed by atoms with Crippen LogP contribution in [0.5, 0.6) is 11.5 Å². The summed E-state index contributed by atoms with van der Waals surface area (Å²) in [7, 11) is 1.47. The van der Waals surface area contributed by atoms with Crippen LogP contribution in [0.25, 0.3) is 6.08 Å². The Morgan fingerprint density at radius 1 is 1.28 bits per heavy atom. The maximum atomic E-state index is 13.5. The minimum absolute atomic E-state index is 0.314. The lowest BCUT2D eigenvalue weighted by molar-refractivity contribution is -0.111. The summed E-state index contributed by atoms with van der Waals surface area (Å²) >= 11 is 6.12. The molecule has 1 N–H and O–H groups in total. The van der Waals surface area contributed by atoms with Crippen molar-refractivity contribution in [3.63, 3.8) is 0 Å². The third kappa shape index (κ3) is 4.70. The molecule has 0 atom stereocenters. The van der Waals surface area contributed by atoms with Crippen LogP contribution in [-0.4, -0.2) is 19.6 Å². The first-order valence-electron chi connectivity index (χ1n) is 7.39. The van der Waals surface area contributed by atoms with Crippen LogP contribution in [0.4, 0.5) is 14.5 Å². The quantitative estimate of drug-likeness (QED) is 0.754. The molecule has 0 saturated heterocycles. The van der Waals surface area contributed by atoms with Crippen molar-refractivity contribution in [2.24, 2.45) is 0 Å². The fourth-order valence-electron chi connectivity index (χ4n) is 2.10. The zero-order chi connectivity index (χ0) is 18.4. The van der Waals surface area contributed by atoms with Crippen LogP contribution in [0, 0.1) is 11.6 Å². The van der Waals surface area contributed by atoms with Gasteiger partial charge in [0.25, 0.3) is 0 Å². The zero-order valence-electron chi connectivity index (χ0n) is 13.6. The van der Waals surface area contributed by atoms with Crippen LogP contribution < -0.4 is 14.8 Å². The van der Waals surface area contributed by atoms with Crippen LogP contribution in [0.1, 0.15) is 12.5 Å². The first kappa shape index (κ1) is 18.7. The highest BCUT2D eigenvalue weighted by molar-refractivity contribution is 6.32. The van der Waals surface area contributed by atoms with Crippen LogP contribution in [0.15, 0.2) is 36.4 Å². The predicted molar refractivity (Wildman–Crippen MR) is 93.2 cm³/mol. The Kier molecular flexibility index (Phi) is 6.36. The molecule has 2 aromatic rings. The topological polar surface area (TPSA) is 47.6 Å². The van der Waals surface area contributed by atoms with E-state index in [4.69, 9.17) is 21.1 Å². The van der Waals surface area contributed by atoms with Crippen LogP contribution in [0.2, 0.25) is 5.02 Å². The molecule has 132 valence electrons. The fraction of sp³-hybridized carbons (Fsp3) is 0.167. The van der Waals surface area contributed by atoms with E-state index in [9.17, 15) is 13.6 Å². The number of methoxy groups -OCH3 is 1. The van der Waals surface area contributed by atoms with Gasteiger partial charge in [0.1, 0.15) is 17.3 Å². The molecular weight excluding hydrogens is 352 g/mol. The number of halogens is 3. The van der Waals surface area contributed by atoms with Gasteiger partial charge in [-0.2, -0.15) is 0 Å². The van der Waals surface area contributed by atoms with Crippen molar-refractivity contribution in [1.29, 1.82) is 0 Å².